The maximum absolute atomic E-state index is 14.2. The van der Waals surface area contributed by atoms with Crippen molar-refractivity contribution < 1.29 is 13.2 Å². The van der Waals surface area contributed by atoms with E-state index in [2.05, 4.69) is 15.1 Å². The summed E-state index contributed by atoms with van der Waals surface area (Å²) in [4.78, 5) is 8.24. The van der Waals surface area contributed by atoms with Crippen LogP contribution < -0.4 is 0 Å². The molecule has 3 aromatic rings. The van der Waals surface area contributed by atoms with Gasteiger partial charge in [0.15, 0.2) is 11.6 Å². The van der Waals surface area contributed by atoms with Gasteiger partial charge in [-0.1, -0.05) is 11.6 Å². The van der Waals surface area contributed by atoms with Crippen molar-refractivity contribution >= 4 is 22.9 Å². The third kappa shape index (κ3) is 2.59. The van der Waals surface area contributed by atoms with E-state index in [0.717, 1.165) is 6.07 Å². The predicted octanol–water partition coefficient (Wildman–Crippen LogP) is 3.97. The first-order chi connectivity index (χ1) is 10.6. The monoisotopic (exact) mass is 344 g/mol. The van der Waals surface area contributed by atoms with Crippen LogP contribution in [0.15, 0.2) is 23.0 Å². The molecule has 3 rings (SSSR count). The molecule has 1 aromatic carbocycles. The zero-order valence-corrected chi connectivity index (χ0v) is 12.5. The van der Waals surface area contributed by atoms with Gasteiger partial charge in [-0.2, -0.15) is 0 Å². The Labute approximate surface area is 132 Å². The van der Waals surface area contributed by atoms with Gasteiger partial charge in [-0.15, -0.1) is 16.4 Å². The number of aromatic nitrogens is 4. The normalized spacial score (nSPS) is 11.1. The highest BCUT2D eigenvalue weighted by atomic mass is 35.5. The lowest BCUT2D eigenvalue weighted by atomic mass is 10.2. The van der Waals surface area contributed by atoms with Crippen LogP contribution in [0.3, 0.4) is 0 Å². The molecule has 0 bridgehead atoms. The summed E-state index contributed by atoms with van der Waals surface area (Å²) in [6, 6.07) is 2.22. The second-order valence-corrected chi connectivity index (χ2v) is 5.36. The number of hydrogen-bond donors (Lipinski definition) is 0. The van der Waals surface area contributed by atoms with Crippen LogP contribution in [-0.4, -0.2) is 26.4 Å². The molecule has 0 atom stereocenters. The topological polar surface area (TPSA) is 43.6 Å². The number of aryl methyl sites for hydroxylation is 1. The third-order valence-electron chi connectivity index (χ3n) is 2.91. The molecule has 0 saturated carbocycles. The van der Waals surface area contributed by atoms with Crippen molar-refractivity contribution in [1.29, 1.82) is 0 Å². The molecule has 0 radical (unpaired) electrons. The Morgan fingerprint density at radius 3 is 2.77 bits per heavy atom. The van der Waals surface area contributed by atoms with Gasteiger partial charge in [-0.25, -0.2) is 27.8 Å². The molecule has 0 N–H and O–H groups in total. The molecule has 0 unspecified atom stereocenters. The minimum absolute atomic E-state index is 0.0474. The minimum atomic E-state index is -0.959. The highest BCUT2D eigenvalue weighted by Gasteiger charge is 2.20. The van der Waals surface area contributed by atoms with Gasteiger partial charge in [0.1, 0.15) is 23.2 Å². The zero-order valence-electron chi connectivity index (χ0n) is 10.9. The van der Waals surface area contributed by atoms with Gasteiger partial charge in [-0.05, 0) is 12.1 Å². The minimum Gasteiger partial charge on any atom is -0.249 e. The number of benzene rings is 1. The van der Waals surface area contributed by atoms with E-state index < -0.39 is 23.3 Å². The van der Waals surface area contributed by atoms with Crippen LogP contribution in [0.1, 0.15) is 0 Å². The fourth-order valence-electron chi connectivity index (χ4n) is 1.91. The molecule has 9 heteroatoms. The molecule has 2 heterocycles. The van der Waals surface area contributed by atoms with Crippen molar-refractivity contribution in [3.8, 4) is 22.9 Å². The van der Waals surface area contributed by atoms with Crippen molar-refractivity contribution in [3.05, 3.63) is 39.7 Å². The lowest BCUT2D eigenvalue weighted by molar-refractivity contribution is 0.428. The van der Waals surface area contributed by atoms with E-state index in [1.807, 2.05) is 0 Å². The van der Waals surface area contributed by atoms with Crippen LogP contribution in [-0.2, 0) is 6.54 Å². The van der Waals surface area contributed by atoms with Crippen molar-refractivity contribution in [2.24, 2.45) is 0 Å². The quantitative estimate of drug-likeness (QED) is 0.673. The van der Waals surface area contributed by atoms with E-state index in [4.69, 9.17) is 11.6 Å². The van der Waals surface area contributed by atoms with Gasteiger partial charge in [-0.3, -0.25) is 0 Å². The Morgan fingerprint density at radius 2 is 2.09 bits per heavy atom. The van der Waals surface area contributed by atoms with Gasteiger partial charge in [0, 0.05) is 5.38 Å². The zero-order chi connectivity index (χ0) is 15.7. The van der Waals surface area contributed by atoms with Gasteiger partial charge < -0.3 is 0 Å². The molecule has 2 aromatic heterocycles. The summed E-state index contributed by atoms with van der Waals surface area (Å²) >= 11 is 6.92. The summed E-state index contributed by atoms with van der Waals surface area (Å²) in [5.41, 5.74) is 2.05. The summed E-state index contributed by atoms with van der Waals surface area (Å²) in [6.45, 7) is -0.815. The van der Waals surface area contributed by atoms with Crippen LogP contribution in [0.4, 0.5) is 13.2 Å². The Morgan fingerprint density at radius 1 is 1.27 bits per heavy atom. The maximum Gasteiger partial charge on any atom is 0.201 e. The average Bonchev–Trinajstić information content (AvgIpc) is 3.15. The maximum atomic E-state index is 14.2. The first-order valence-corrected chi connectivity index (χ1v) is 7.47. The fourth-order valence-corrected chi connectivity index (χ4v) is 2.60. The molecule has 0 aliphatic rings. The van der Waals surface area contributed by atoms with E-state index in [-0.39, 0.29) is 23.8 Å². The van der Waals surface area contributed by atoms with E-state index in [0.29, 0.717) is 5.69 Å². The number of alkyl halides is 1. The highest BCUT2D eigenvalue weighted by molar-refractivity contribution is 7.07. The van der Waals surface area contributed by atoms with Gasteiger partial charge in [0.25, 0.3) is 0 Å². The van der Waals surface area contributed by atoms with E-state index in [9.17, 15) is 13.2 Å². The number of hydrogen-bond acceptors (Lipinski definition) is 4. The molecule has 0 aliphatic carbocycles. The Balaban J connectivity index is 2.15. The number of thiazole rings is 1. The van der Waals surface area contributed by atoms with Crippen molar-refractivity contribution in [1.82, 2.24) is 19.7 Å². The van der Waals surface area contributed by atoms with Gasteiger partial charge >= 0.3 is 0 Å². The Kier molecular flexibility index (Phi) is 4.12. The highest BCUT2D eigenvalue weighted by Crippen LogP contribution is 2.30. The SMILES string of the molecule is FCCn1nc(-c2cscn2)nc1-c1ccc(F)c(Cl)c1F. The van der Waals surface area contributed by atoms with E-state index >= 15 is 0 Å². The second kappa shape index (κ2) is 6.05. The fraction of sp³-hybridized carbons (Fsp3) is 0.154. The Hall–Kier alpha value is -1.93. The molecule has 4 nitrogen and oxygen atoms in total. The number of halogens is 4. The second-order valence-electron chi connectivity index (χ2n) is 4.27. The molecule has 0 fully saturated rings. The van der Waals surface area contributed by atoms with E-state index in [1.54, 1.807) is 10.9 Å². The first kappa shape index (κ1) is 15.0. The predicted molar refractivity (Wildman–Crippen MR) is 77.5 cm³/mol. The van der Waals surface area contributed by atoms with E-state index in [1.165, 1.54) is 22.1 Å². The summed E-state index contributed by atoms with van der Waals surface area (Å²) in [5.74, 6) is -1.53. The summed E-state index contributed by atoms with van der Waals surface area (Å²) < 4.78 is 41.3. The first-order valence-electron chi connectivity index (χ1n) is 6.15. The largest absolute Gasteiger partial charge is 0.249 e. The molecule has 0 saturated heterocycles. The van der Waals surface area contributed by atoms with Gasteiger partial charge in [0.2, 0.25) is 5.82 Å². The Bertz CT molecular complexity index is 804. The molecule has 0 spiro atoms. The number of nitrogens with zero attached hydrogens (tertiary/aromatic N) is 4. The lowest BCUT2D eigenvalue weighted by Crippen LogP contribution is -2.05. The molecular formula is C13H8ClF3N4S. The molecule has 22 heavy (non-hydrogen) atoms. The smallest absolute Gasteiger partial charge is 0.201 e. The molecule has 114 valence electrons. The van der Waals surface area contributed by atoms with Crippen molar-refractivity contribution in [2.75, 3.05) is 6.67 Å². The standard InChI is InChI=1S/C13H8ClF3N4S/c14-10-8(16)2-1-7(11(10)17)13-19-12(9-5-22-6-18-9)20-21(13)4-3-15/h1-2,5-6H,3-4H2. The molecule has 0 amide bonds. The van der Waals surface area contributed by atoms with Crippen molar-refractivity contribution in [3.63, 3.8) is 0 Å². The van der Waals surface area contributed by atoms with Gasteiger partial charge in [0.05, 0.1) is 17.6 Å². The summed E-state index contributed by atoms with van der Waals surface area (Å²) in [7, 11) is 0. The van der Waals surface area contributed by atoms with Crippen LogP contribution in [0.5, 0.6) is 0 Å². The lowest BCUT2D eigenvalue weighted by Gasteiger charge is -2.06. The third-order valence-corrected chi connectivity index (χ3v) is 3.84. The van der Waals surface area contributed by atoms with Crippen LogP contribution in [0.2, 0.25) is 5.02 Å². The average molecular weight is 345 g/mol. The van der Waals surface area contributed by atoms with Crippen LogP contribution >= 0.6 is 22.9 Å². The van der Waals surface area contributed by atoms with Crippen LogP contribution in [0, 0.1) is 11.6 Å². The molecule has 0 aliphatic heterocycles. The van der Waals surface area contributed by atoms with Crippen LogP contribution in [0.25, 0.3) is 22.9 Å². The summed E-state index contributed by atoms with van der Waals surface area (Å²) in [5, 5.41) is 5.20. The van der Waals surface area contributed by atoms with Crippen molar-refractivity contribution in [2.45, 2.75) is 6.54 Å². The summed E-state index contributed by atoms with van der Waals surface area (Å²) in [6.07, 6.45) is 0. The number of rotatable bonds is 4. The molecular weight excluding hydrogens is 337 g/mol.